The molecule has 0 fully saturated rings. The number of aromatic nitrogens is 1. The van der Waals surface area contributed by atoms with Gasteiger partial charge in [0.05, 0.1) is 41.1 Å². The van der Waals surface area contributed by atoms with E-state index in [4.69, 9.17) is 0 Å². The fourth-order valence-corrected chi connectivity index (χ4v) is 4.25. The number of sulfone groups is 1. The number of benzene rings is 1. The largest absolute Gasteiger partial charge is 0.401 e. The van der Waals surface area contributed by atoms with Gasteiger partial charge in [-0.3, -0.25) is 14.7 Å². The zero-order chi connectivity index (χ0) is 22.8. The van der Waals surface area contributed by atoms with Crippen molar-refractivity contribution in [2.75, 3.05) is 18.9 Å². The number of rotatable bonds is 7. The van der Waals surface area contributed by atoms with Gasteiger partial charge in [-0.2, -0.15) is 13.2 Å². The Balaban J connectivity index is 1.71. The van der Waals surface area contributed by atoms with E-state index in [1.165, 1.54) is 48.4 Å². The van der Waals surface area contributed by atoms with Gasteiger partial charge in [0, 0.05) is 19.3 Å². The van der Waals surface area contributed by atoms with E-state index in [2.05, 4.69) is 10.3 Å². The molecule has 11 heteroatoms. The molecule has 0 spiro atoms. The number of carbonyl (C=O) groups is 1. The number of aliphatic hydroxyl groups is 1. The number of pyridine rings is 1. The molecule has 1 aromatic carbocycles. The van der Waals surface area contributed by atoms with E-state index in [1.54, 1.807) is 0 Å². The van der Waals surface area contributed by atoms with Gasteiger partial charge in [-0.1, -0.05) is 19.1 Å². The van der Waals surface area contributed by atoms with Crippen LogP contribution in [0.15, 0.2) is 41.4 Å². The zero-order valence-electron chi connectivity index (χ0n) is 16.7. The predicted octanol–water partition coefficient (Wildman–Crippen LogP) is 2.22. The Morgan fingerprint density at radius 1 is 1.26 bits per heavy atom. The van der Waals surface area contributed by atoms with Gasteiger partial charge >= 0.3 is 6.18 Å². The molecule has 2 N–H and O–H groups in total. The highest BCUT2D eigenvalue weighted by atomic mass is 32.2. The maximum Gasteiger partial charge on any atom is 0.401 e. The fraction of sp³-hybridized carbons (Fsp3) is 0.400. The number of nitrogens with one attached hydrogen (secondary N) is 1. The quantitative estimate of drug-likeness (QED) is 0.662. The fourth-order valence-electron chi connectivity index (χ4n) is 3.37. The smallest absolute Gasteiger partial charge is 0.394 e. The summed E-state index contributed by atoms with van der Waals surface area (Å²) in [4.78, 5) is 18.1. The monoisotopic (exact) mass is 457 g/mol. The van der Waals surface area contributed by atoms with Crippen LogP contribution in [0.4, 0.5) is 13.2 Å². The second-order valence-electron chi connectivity index (χ2n) is 7.27. The number of amides is 1. The Morgan fingerprint density at radius 2 is 1.94 bits per heavy atom. The van der Waals surface area contributed by atoms with Crippen LogP contribution in [0, 0.1) is 0 Å². The molecular formula is C20H22F3N3O4S. The van der Waals surface area contributed by atoms with Gasteiger partial charge < -0.3 is 10.4 Å². The van der Waals surface area contributed by atoms with Crippen LogP contribution in [0.2, 0.25) is 0 Å². The van der Waals surface area contributed by atoms with E-state index < -0.39 is 41.1 Å². The van der Waals surface area contributed by atoms with Gasteiger partial charge in [0.1, 0.15) is 0 Å². The van der Waals surface area contributed by atoms with Gasteiger partial charge in [0.15, 0.2) is 9.84 Å². The summed E-state index contributed by atoms with van der Waals surface area (Å²) in [6.45, 7) is 0.153. The zero-order valence-corrected chi connectivity index (χ0v) is 17.5. The molecule has 1 aromatic heterocycles. The molecule has 0 saturated carbocycles. The highest BCUT2D eigenvalue weighted by Crippen LogP contribution is 2.26. The average Bonchev–Trinajstić information content (AvgIpc) is 3.11. The Hall–Kier alpha value is -2.50. The van der Waals surface area contributed by atoms with Crippen molar-refractivity contribution in [3.05, 3.63) is 58.9 Å². The van der Waals surface area contributed by atoms with Crippen molar-refractivity contribution < 1.29 is 31.5 Å². The molecule has 168 valence electrons. The van der Waals surface area contributed by atoms with Crippen LogP contribution in [0.5, 0.6) is 0 Å². The van der Waals surface area contributed by atoms with Crippen molar-refractivity contribution in [3.8, 4) is 0 Å². The summed E-state index contributed by atoms with van der Waals surface area (Å²) in [5, 5.41) is 12.3. The molecule has 1 aliphatic heterocycles. The second-order valence-corrected chi connectivity index (χ2v) is 9.55. The number of fused-ring (bicyclic) bond motifs is 1. The summed E-state index contributed by atoms with van der Waals surface area (Å²) in [5.41, 5.74) is 1.71. The topological polar surface area (TPSA) is 99.6 Å². The number of nitrogens with zero attached hydrogens (tertiary/aromatic N) is 2. The Bertz CT molecular complexity index is 1060. The molecule has 2 heterocycles. The maximum absolute atomic E-state index is 12.6. The minimum Gasteiger partial charge on any atom is -0.394 e. The highest BCUT2D eigenvalue weighted by Gasteiger charge is 2.34. The van der Waals surface area contributed by atoms with Crippen molar-refractivity contribution in [1.82, 2.24) is 15.2 Å². The van der Waals surface area contributed by atoms with E-state index in [1.807, 2.05) is 0 Å². The van der Waals surface area contributed by atoms with Gasteiger partial charge in [0.2, 0.25) is 0 Å². The molecule has 3 rings (SSSR count). The minimum atomic E-state index is -4.32. The SMILES string of the molecule is CCS(=O)(=O)c1ccc(C(CO)NC(=O)c2cnc3c(c2)CN(CC(F)(F)F)C3)cc1. The van der Waals surface area contributed by atoms with Gasteiger partial charge in [-0.15, -0.1) is 0 Å². The van der Waals surface area contributed by atoms with Crippen LogP contribution in [0.1, 0.15) is 40.1 Å². The summed E-state index contributed by atoms with van der Waals surface area (Å²) in [7, 11) is -3.37. The average molecular weight is 457 g/mol. The third kappa shape index (κ3) is 5.60. The molecule has 31 heavy (non-hydrogen) atoms. The molecule has 2 aromatic rings. The van der Waals surface area contributed by atoms with Crippen molar-refractivity contribution >= 4 is 15.7 Å². The first-order valence-corrected chi connectivity index (χ1v) is 11.2. The Labute approximate surface area is 177 Å². The number of aliphatic hydroxyl groups excluding tert-OH is 1. The number of alkyl halides is 3. The number of hydrogen-bond donors (Lipinski definition) is 2. The van der Waals surface area contributed by atoms with Crippen molar-refractivity contribution in [2.24, 2.45) is 0 Å². The Kier molecular flexibility index (Phi) is 6.68. The van der Waals surface area contributed by atoms with E-state index in [-0.39, 0.29) is 29.3 Å². The van der Waals surface area contributed by atoms with Crippen molar-refractivity contribution in [1.29, 1.82) is 0 Å². The van der Waals surface area contributed by atoms with E-state index in [0.717, 1.165) is 0 Å². The van der Waals surface area contributed by atoms with E-state index >= 15 is 0 Å². The summed E-state index contributed by atoms with van der Waals surface area (Å²) in [5.74, 6) is -0.591. The van der Waals surface area contributed by atoms with Crippen LogP contribution in [-0.2, 0) is 22.9 Å². The standard InChI is InChI=1S/C20H22F3N3O4S/c1-2-31(29,30)16-5-3-13(4-6-16)18(11-27)25-19(28)14-7-15-9-26(12-20(21,22)23)10-17(15)24-8-14/h3-8,18,27H,2,9-12H2,1H3,(H,25,28). The highest BCUT2D eigenvalue weighted by molar-refractivity contribution is 7.91. The normalized spacial score (nSPS) is 15.5. The molecule has 1 amide bonds. The minimum absolute atomic E-state index is 0.0414. The number of carbonyl (C=O) groups excluding carboxylic acids is 1. The van der Waals surface area contributed by atoms with Crippen LogP contribution in [-0.4, -0.2) is 54.4 Å². The number of hydrogen-bond acceptors (Lipinski definition) is 6. The molecule has 7 nitrogen and oxygen atoms in total. The van der Waals surface area contributed by atoms with Crippen LogP contribution in [0.25, 0.3) is 0 Å². The third-order valence-corrected chi connectivity index (χ3v) is 6.75. The lowest BCUT2D eigenvalue weighted by Gasteiger charge is -2.17. The van der Waals surface area contributed by atoms with Crippen LogP contribution < -0.4 is 5.32 Å². The molecule has 0 radical (unpaired) electrons. The molecule has 1 aliphatic rings. The third-order valence-electron chi connectivity index (χ3n) is 5.00. The van der Waals surface area contributed by atoms with Crippen LogP contribution >= 0.6 is 0 Å². The predicted molar refractivity (Wildman–Crippen MR) is 106 cm³/mol. The molecule has 0 bridgehead atoms. The van der Waals surface area contributed by atoms with Crippen LogP contribution in [0.3, 0.4) is 0 Å². The summed E-state index contributed by atoms with van der Waals surface area (Å²) in [6.07, 6.45) is -3.03. The summed E-state index contributed by atoms with van der Waals surface area (Å²) < 4.78 is 61.7. The lowest BCUT2D eigenvalue weighted by Crippen LogP contribution is -2.31. The number of halogens is 3. The van der Waals surface area contributed by atoms with Gasteiger partial charge in [0.25, 0.3) is 5.91 Å². The first kappa shape index (κ1) is 23.2. The molecule has 1 unspecified atom stereocenters. The Morgan fingerprint density at radius 3 is 2.52 bits per heavy atom. The van der Waals surface area contributed by atoms with Gasteiger partial charge in [-0.25, -0.2) is 8.42 Å². The van der Waals surface area contributed by atoms with Gasteiger partial charge in [-0.05, 0) is 29.3 Å². The van der Waals surface area contributed by atoms with E-state index in [9.17, 15) is 31.5 Å². The molecular weight excluding hydrogens is 435 g/mol. The maximum atomic E-state index is 12.6. The van der Waals surface area contributed by atoms with Crippen molar-refractivity contribution in [2.45, 2.75) is 37.1 Å². The lowest BCUT2D eigenvalue weighted by molar-refractivity contribution is -0.147. The summed E-state index contributed by atoms with van der Waals surface area (Å²) >= 11 is 0. The van der Waals surface area contributed by atoms with Crippen molar-refractivity contribution in [3.63, 3.8) is 0 Å². The first-order chi connectivity index (χ1) is 14.5. The second kappa shape index (κ2) is 8.93. The van der Waals surface area contributed by atoms with E-state index in [0.29, 0.717) is 16.8 Å². The lowest BCUT2D eigenvalue weighted by atomic mass is 10.1. The molecule has 1 atom stereocenters. The summed E-state index contributed by atoms with van der Waals surface area (Å²) in [6, 6.07) is 6.56. The molecule has 0 aliphatic carbocycles. The first-order valence-electron chi connectivity index (χ1n) is 9.53. The molecule has 0 saturated heterocycles.